The van der Waals surface area contributed by atoms with Crippen LogP contribution in [0.4, 0.5) is 4.79 Å². The first-order valence-corrected chi connectivity index (χ1v) is 9.47. The summed E-state index contributed by atoms with van der Waals surface area (Å²) in [6.45, 7) is 2.24. The highest BCUT2D eigenvalue weighted by atomic mass is 32.3. The van der Waals surface area contributed by atoms with Crippen LogP contribution in [-0.2, 0) is 29.0 Å². The molecule has 0 saturated carbocycles. The molecule has 3 aliphatic heterocycles. The van der Waals surface area contributed by atoms with Crippen LogP contribution in [-0.4, -0.2) is 86.0 Å². The van der Waals surface area contributed by atoms with E-state index in [1.807, 2.05) is 0 Å². The van der Waals surface area contributed by atoms with E-state index in [2.05, 4.69) is 9.60 Å². The molecule has 0 aromatic rings. The van der Waals surface area contributed by atoms with Gasteiger partial charge in [-0.2, -0.15) is 13.5 Å². The minimum absolute atomic E-state index is 0.0824. The average Bonchev–Trinajstić information content (AvgIpc) is 2.77. The van der Waals surface area contributed by atoms with Gasteiger partial charge in [0, 0.05) is 19.7 Å². The van der Waals surface area contributed by atoms with Gasteiger partial charge in [-0.25, -0.2) is 9.59 Å². The van der Waals surface area contributed by atoms with Crippen LogP contribution >= 0.6 is 0 Å². The predicted octanol–water partition coefficient (Wildman–Crippen LogP) is -1.09. The fraction of sp³-hybridized carbons (Fsp3) is 0.846. The molecule has 3 rings (SSSR count). The molecule has 3 aliphatic rings. The molecular weight excluding hydrogens is 358 g/mol. The van der Waals surface area contributed by atoms with Crippen LogP contribution in [0.3, 0.4) is 0 Å². The molecule has 2 amide bonds. The number of nitrogens with one attached hydrogen (secondary N) is 1. The lowest BCUT2D eigenvalue weighted by molar-refractivity contribution is -0.153. The molecule has 3 fully saturated rings. The molecule has 2 bridgehead atoms. The van der Waals surface area contributed by atoms with Crippen LogP contribution in [0.15, 0.2) is 0 Å². The minimum Gasteiger partial charge on any atom is -0.461 e. The maximum Gasteiger partial charge on any atom is 0.418 e. The molecule has 2 N–H and O–H groups in total. The average molecular weight is 379 g/mol. The third-order valence-electron chi connectivity index (χ3n) is 4.40. The standard InChI is InChI=1S/C13H21N3O8S/c17-12(23-8-10-6-14-4-1-5-22-10)11-3-2-9-7-15(11)13(18)16(9)24-25(19,20)21/h9-11,14H,1-8H2,(H,19,20,21)/t9-,10?,11+/m1/s1. The summed E-state index contributed by atoms with van der Waals surface area (Å²) in [6, 6.07) is -2.13. The van der Waals surface area contributed by atoms with Crippen LogP contribution in [0.25, 0.3) is 0 Å². The minimum atomic E-state index is -4.81. The van der Waals surface area contributed by atoms with Crippen molar-refractivity contribution in [3.05, 3.63) is 0 Å². The van der Waals surface area contributed by atoms with Gasteiger partial charge in [0.05, 0.1) is 6.04 Å². The van der Waals surface area contributed by atoms with E-state index in [4.69, 9.17) is 14.0 Å². The third kappa shape index (κ3) is 4.39. The van der Waals surface area contributed by atoms with Gasteiger partial charge in [0.15, 0.2) is 0 Å². The Kier molecular flexibility index (Phi) is 5.43. The second-order valence-electron chi connectivity index (χ2n) is 6.19. The van der Waals surface area contributed by atoms with Crippen molar-refractivity contribution in [3.63, 3.8) is 0 Å². The topological polar surface area (TPSA) is 135 Å². The lowest BCUT2D eigenvalue weighted by Gasteiger charge is -2.29. The second kappa shape index (κ2) is 7.41. The number of amides is 2. The number of ether oxygens (including phenoxy) is 2. The van der Waals surface area contributed by atoms with Gasteiger partial charge < -0.3 is 19.7 Å². The van der Waals surface area contributed by atoms with Crippen molar-refractivity contribution in [1.82, 2.24) is 15.3 Å². The molecule has 0 aromatic heterocycles. The van der Waals surface area contributed by atoms with Gasteiger partial charge in [-0.15, -0.1) is 4.28 Å². The molecule has 12 heteroatoms. The molecule has 0 radical (unpaired) electrons. The van der Waals surface area contributed by atoms with E-state index in [0.29, 0.717) is 31.1 Å². The van der Waals surface area contributed by atoms with Crippen molar-refractivity contribution in [1.29, 1.82) is 0 Å². The Morgan fingerprint density at radius 3 is 2.96 bits per heavy atom. The molecule has 11 nitrogen and oxygen atoms in total. The van der Waals surface area contributed by atoms with Gasteiger partial charge in [-0.3, -0.25) is 4.55 Å². The van der Waals surface area contributed by atoms with Crippen LogP contribution < -0.4 is 5.32 Å². The molecular formula is C13H21N3O8S. The summed E-state index contributed by atoms with van der Waals surface area (Å²) in [5, 5.41) is 3.78. The second-order valence-corrected chi connectivity index (χ2v) is 7.20. The Morgan fingerprint density at radius 1 is 1.40 bits per heavy atom. The maximum atomic E-state index is 12.3. The summed E-state index contributed by atoms with van der Waals surface area (Å²) in [5.74, 6) is -0.562. The fourth-order valence-corrected chi connectivity index (χ4v) is 3.61. The zero-order valence-corrected chi connectivity index (χ0v) is 14.3. The Morgan fingerprint density at radius 2 is 2.20 bits per heavy atom. The van der Waals surface area contributed by atoms with E-state index in [9.17, 15) is 18.0 Å². The maximum absolute atomic E-state index is 12.3. The van der Waals surface area contributed by atoms with Crippen LogP contribution in [0.5, 0.6) is 0 Å². The number of hydrogen-bond donors (Lipinski definition) is 2. The van der Waals surface area contributed by atoms with Gasteiger partial charge in [0.25, 0.3) is 0 Å². The third-order valence-corrected chi connectivity index (χ3v) is 4.75. The Hall–Kier alpha value is -1.47. The molecule has 25 heavy (non-hydrogen) atoms. The van der Waals surface area contributed by atoms with Gasteiger partial charge in [-0.05, 0) is 25.8 Å². The molecule has 142 valence electrons. The predicted molar refractivity (Wildman–Crippen MR) is 81.6 cm³/mol. The van der Waals surface area contributed by atoms with Crippen molar-refractivity contribution in [2.24, 2.45) is 0 Å². The van der Waals surface area contributed by atoms with Crippen molar-refractivity contribution >= 4 is 22.4 Å². The Balaban J connectivity index is 1.56. The fourth-order valence-electron chi connectivity index (χ4n) is 3.22. The van der Waals surface area contributed by atoms with E-state index in [0.717, 1.165) is 13.0 Å². The van der Waals surface area contributed by atoms with Crippen LogP contribution in [0.2, 0.25) is 0 Å². The highest BCUT2D eigenvalue weighted by molar-refractivity contribution is 7.80. The molecule has 3 saturated heterocycles. The number of piperidine rings is 1. The number of rotatable bonds is 5. The van der Waals surface area contributed by atoms with E-state index in [1.54, 1.807) is 0 Å². The van der Waals surface area contributed by atoms with E-state index in [1.165, 1.54) is 4.90 Å². The highest BCUT2D eigenvalue weighted by Crippen LogP contribution is 2.31. The summed E-state index contributed by atoms with van der Waals surface area (Å²) in [7, 11) is -4.81. The molecule has 1 unspecified atom stereocenters. The zero-order valence-electron chi connectivity index (χ0n) is 13.5. The van der Waals surface area contributed by atoms with Crippen LogP contribution in [0, 0.1) is 0 Å². The SMILES string of the molecule is O=C(OCC1CNCCCO1)[C@@H]1CC[C@@H]2CN1C(=O)N2OS(=O)(=O)O. The molecule has 0 aliphatic carbocycles. The molecule has 0 aromatic carbocycles. The Labute approximate surface area is 145 Å². The summed E-state index contributed by atoms with van der Waals surface area (Å²) < 4.78 is 45.6. The molecule has 3 atom stereocenters. The van der Waals surface area contributed by atoms with E-state index >= 15 is 0 Å². The summed E-state index contributed by atoms with van der Waals surface area (Å²) >= 11 is 0. The number of nitrogens with zero attached hydrogens (tertiary/aromatic N) is 2. The number of fused-ring (bicyclic) bond motifs is 2. The van der Waals surface area contributed by atoms with Crippen molar-refractivity contribution in [3.8, 4) is 0 Å². The molecule has 0 spiro atoms. The first kappa shape index (κ1) is 18.3. The zero-order chi connectivity index (χ0) is 18.0. The smallest absolute Gasteiger partial charge is 0.418 e. The molecule has 3 heterocycles. The first-order chi connectivity index (χ1) is 11.8. The quantitative estimate of drug-likeness (QED) is 0.451. The highest BCUT2D eigenvalue weighted by Gasteiger charge is 2.49. The van der Waals surface area contributed by atoms with E-state index < -0.39 is 34.5 Å². The van der Waals surface area contributed by atoms with Gasteiger partial charge in [0.1, 0.15) is 18.8 Å². The normalized spacial score (nSPS) is 30.3. The van der Waals surface area contributed by atoms with Gasteiger partial charge in [0.2, 0.25) is 0 Å². The number of carbonyl (C=O) groups excluding carboxylic acids is 2. The lowest BCUT2D eigenvalue weighted by atomic mass is 10.0. The summed E-state index contributed by atoms with van der Waals surface area (Å²) in [6.07, 6.45) is 1.33. The van der Waals surface area contributed by atoms with Gasteiger partial charge >= 0.3 is 22.4 Å². The summed E-state index contributed by atoms with van der Waals surface area (Å²) in [4.78, 5) is 25.8. The number of hydroxylamine groups is 2. The summed E-state index contributed by atoms with van der Waals surface area (Å²) in [5.41, 5.74) is 0. The first-order valence-electron chi connectivity index (χ1n) is 8.11. The number of urea groups is 1. The number of carbonyl (C=O) groups is 2. The van der Waals surface area contributed by atoms with Gasteiger partial charge in [-0.1, -0.05) is 0 Å². The van der Waals surface area contributed by atoms with Crippen LogP contribution in [0.1, 0.15) is 19.3 Å². The number of hydrogen-bond acceptors (Lipinski definition) is 8. The Bertz CT molecular complexity index is 619. The largest absolute Gasteiger partial charge is 0.461 e. The van der Waals surface area contributed by atoms with E-state index in [-0.39, 0.29) is 19.3 Å². The lowest BCUT2D eigenvalue weighted by Crippen LogP contribution is -2.46. The monoisotopic (exact) mass is 379 g/mol. The number of esters is 1. The van der Waals surface area contributed by atoms with Crippen molar-refractivity contribution < 1.29 is 36.3 Å². The van der Waals surface area contributed by atoms with Crippen molar-refractivity contribution in [2.45, 2.75) is 37.5 Å². The van der Waals surface area contributed by atoms with Crippen molar-refractivity contribution in [2.75, 3.05) is 32.8 Å².